The van der Waals surface area contributed by atoms with Crippen molar-refractivity contribution >= 4 is 19.2 Å². The van der Waals surface area contributed by atoms with Crippen LogP contribution >= 0.6 is 7.94 Å². The van der Waals surface area contributed by atoms with Crippen LogP contribution in [0.25, 0.3) is 0 Å². The van der Waals surface area contributed by atoms with Crippen LogP contribution in [-0.2, 0) is 15.6 Å². The molecule has 7 heteroatoms. The Morgan fingerprint density at radius 1 is 1.00 bits per heavy atom. The van der Waals surface area contributed by atoms with Crippen molar-refractivity contribution in [2.75, 3.05) is 0 Å². The van der Waals surface area contributed by atoms with E-state index in [1.165, 1.54) is 6.92 Å². The van der Waals surface area contributed by atoms with Crippen molar-refractivity contribution in [2.45, 2.75) is 65.4 Å². The third kappa shape index (κ3) is 7.24. The zero-order valence-corrected chi connectivity index (χ0v) is 16.3. The average molecular weight is 361 g/mol. The number of aliphatic carboxylic acids is 1. The maximum absolute atomic E-state index is 9.55. The van der Waals surface area contributed by atoms with E-state index in [4.69, 9.17) is 10.2 Å². The summed E-state index contributed by atoms with van der Waals surface area (Å²) in [4.78, 5) is 38.1. The number of benzene rings is 1. The molecule has 0 bridgehead atoms. The molecule has 0 spiro atoms. The van der Waals surface area contributed by atoms with Crippen LogP contribution in [0.4, 0.5) is 0 Å². The molecule has 1 atom stereocenters. The number of hydrogen-bond donors (Lipinski definition) is 5. The van der Waals surface area contributed by atoms with Gasteiger partial charge in [-0.05, 0) is 29.4 Å². The predicted molar refractivity (Wildman–Crippen MR) is 96.4 cm³/mol. The molecular formula is C17H30O6P+. The number of carbonyl (C=O) groups is 1. The van der Waals surface area contributed by atoms with Crippen LogP contribution < -0.4 is 5.30 Å². The van der Waals surface area contributed by atoms with Gasteiger partial charge in [0.2, 0.25) is 0 Å². The third-order valence-electron chi connectivity index (χ3n) is 3.35. The van der Waals surface area contributed by atoms with Gasteiger partial charge in [-0.25, -0.2) is 4.79 Å². The molecule has 1 aromatic rings. The van der Waals surface area contributed by atoms with Crippen molar-refractivity contribution in [1.82, 2.24) is 0 Å². The minimum absolute atomic E-state index is 0.0139. The lowest BCUT2D eigenvalue weighted by atomic mass is 9.81. The Morgan fingerprint density at radius 3 is 1.67 bits per heavy atom. The van der Waals surface area contributed by atoms with Gasteiger partial charge in [-0.2, -0.15) is 14.7 Å². The van der Waals surface area contributed by atoms with Gasteiger partial charge in [-0.15, -0.1) is 0 Å². The quantitative estimate of drug-likeness (QED) is 0.515. The van der Waals surface area contributed by atoms with Gasteiger partial charge in [-0.3, -0.25) is 0 Å². The summed E-state index contributed by atoms with van der Waals surface area (Å²) in [6, 6.07) is 5.45. The van der Waals surface area contributed by atoms with E-state index < -0.39 is 20.0 Å². The largest absolute Gasteiger partial charge is 0.479 e. The van der Waals surface area contributed by atoms with E-state index in [1.807, 2.05) is 32.9 Å². The van der Waals surface area contributed by atoms with Crippen molar-refractivity contribution in [3.63, 3.8) is 0 Å². The molecule has 138 valence electrons. The van der Waals surface area contributed by atoms with E-state index in [0.29, 0.717) is 0 Å². The molecule has 0 aromatic heterocycles. The number of hydrogen-bond acceptors (Lipinski definition) is 5. The highest BCUT2D eigenvalue weighted by atomic mass is 31.2. The van der Waals surface area contributed by atoms with Crippen molar-refractivity contribution in [1.29, 1.82) is 0 Å². The van der Waals surface area contributed by atoms with E-state index in [9.17, 15) is 19.5 Å². The minimum Gasteiger partial charge on any atom is -0.479 e. The molecule has 1 aromatic carbocycles. The van der Waals surface area contributed by atoms with Crippen LogP contribution in [0, 0.1) is 0 Å². The topological polar surface area (TPSA) is 118 Å². The molecule has 6 nitrogen and oxygen atoms in total. The van der Waals surface area contributed by atoms with E-state index in [-0.39, 0.29) is 16.1 Å². The monoisotopic (exact) mass is 361 g/mol. The van der Waals surface area contributed by atoms with Gasteiger partial charge in [0.05, 0.1) is 0 Å². The Morgan fingerprint density at radius 2 is 1.42 bits per heavy atom. The molecule has 0 saturated carbocycles. The van der Waals surface area contributed by atoms with Crippen LogP contribution in [-0.4, -0.2) is 37.0 Å². The van der Waals surface area contributed by atoms with Gasteiger partial charge in [-0.1, -0.05) is 53.7 Å². The summed E-state index contributed by atoms with van der Waals surface area (Å²) in [6.45, 7) is 13.5. The maximum atomic E-state index is 9.55. The van der Waals surface area contributed by atoms with Crippen LogP contribution in [0.2, 0.25) is 0 Å². The van der Waals surface area contributed by atoms with Gasteiger partial charge < -0.3 is 10.2 Å². The summed E-state index contributed by atoms with van der Waals surface area (Å²) in [5.74, 6) is -1.19. The lowest BCUT2D eigenvalue weighted by Crippen LogP contribution is -2.26. The van der Waals surface area contributed by atoms with Crippen molar-refractivity contribution in [3.05, 3.63) is 29.3 Å². The van der Waals surface area contributed by atoms with Crippen molar-refractivity contribution < 1.29 is 29.7 Å². The number of aliphatic hydroxyl groups excluding tert-OH is 1. The second kappa shape index (κ2) is 7.89. The van der Waals surface area contributed by atoms with Gasteiger partial charge in [0.15, 0.2) is 5.30 Å². The van der Waals surface area contributed by atoms with E-state index >= 15 is 0 Å². The minimum atomic E-state index is -3.97. The Labute approximate surface area is 144 Å². The molecule has 0 amide bonds. The molecule has 0 saturated heterocycles. The van der Waals surface area contributed by atoms with Crippen LogP contribution in [0.5, 0.6) is 0 Å². The standard InChI is InChI=1S/C14H24O3P.C3H6O3/c1-13(2,3)10-7-8-12(18(15,16)17)11(9-10)14(4,5)6;1-2(4)3(5)6/h7-9,15-17H,1-6H3;2,4H,1H3,(H,5,6)/q+1;. The number of carboxylic acid groups (broad SMARTS) is 1. The van der Waals surface area contributed by atoms with Crippen molar-refractivity contribution in [3.8, 4) is 0 Å². The zero-order chi connectivity index (χ0) is 19.5. The first-order valence-corrected chi connectivity index (χ1v) is 9.26. The zero-order valence-electron chi connectivity index (χ0n) is 15.4. The molecule has 0 radical (unpaired) electrons. The van der Waals surface area contributed by atoms with Crippen LogP contribution in [0.3, 0.4) is 0 Å². The highest BCUT2D eigenvalue weighted by Crippen LogP contribution is 2.46. The normalized spacial score (nSPS) is 13.8. The lowest BCUT2D eigenvalue weighted by molar-refractivity contribution is -0.145. The number of aliphatic hydroxyl groups is 1. The second-order valence-corrected chi connectivity index (χ2v) is 9.43. The highest BCUT2D eigenvalue weighted by molar-refractivity contribution is 7.66. The molecular weight excluding hydrogens is 331 g/mol. The van der Waals surface area contributed by atoms with E-state index in [2.05, 4.69) is 20.8 Å². The molecule has 0 aliphatic rings. The molecule has 1 unspecified atom stereocenters. The number of carboxylic acids is 1. The summed E-state index contributed by atoms with van der Waals surface area (Å²) < 4.78 is 0. The lowest BCUT2D eigenvalue weighted by Gasteiger charge is -2.26. The first kappa shape index (κ1) is 23.0. The first-order chi connectivity index (χ1) is 10.5. The molecule has 0 aliphatic carbocycles. The van der Waals surface area contributed by atoms with E-state index in [0.717, 1.165) is 11.1 Å². The fourth-order valence-corrected chi connectivity index (χ4v) is 2.86. The second-order valence-electron chi connectivity index (χ2n) is 7.81. The molecule has 5 N–H and O–H groups in total. The maximum Gasteiger partial charge on any atom is 0.441 e. The number of rotatable bonds is 2. The van der Waals surface area contributed by atoms with Crippen LogP contribution in [0.15, 0.2) is 18.2 Å². The molecule has 24 heavy (non-hydrogen) atoms. The van der Waals surface area contributed by atoms with Gasteiger partial charge in [0.1, 0.15) is 6.10 Å². The molecule has 0 heterocycles. The predicted octanol–water partition coefficient (Wildman–Crippen LogP) is 2.10. The molecule has 0 fully saturated rings. The summed E-state index contributed by atoms with van der Waals surface area (Å²) >= 11 is 0. The summed E-state index contributed by atoms with van der Waals surface area (Å²) in [5, 5.41) is 16.0. The molecule has 0 aliphatic heterocycles. The Kier molecular flexibility index (Phi) is 7.55. The van der Waals surface area contributed by atoms with E-state index in [1.54, 1.807) is 6.07 Å². The SMILES string of the molecule is CC(C)(C)c1ccc([P+](O)(O)O)c(C(C)(C)C)c1.CC(O)C(=O)O. The fourth-order valence-electron chi connectivity index (χ4n) is 1.86. The summed E-state index contributed by atoms with van der Waals surface area (Å²) in [6.07, 6.45) is -1.23. The smallest absolute Gasteiger partial charge is 0.441 e. The first-order valence-electron chi connectivity index (χ1n) is 7.61. The van der Waals surface area contributed by atoms with Crippen LogP contribution in [0.1, 0.15) is 59.6 Å². The third-order valence-corrected chi connectivity index (χ3v) is 4.39. The van der Waals surface area contributed by atoms with Crippen molar-refractivity contribution in [2.24, 2.45) is 0 Å². The fraction of sp³-hybridized carbons (Fsp3) is 0.588. The Balaban J connectivity index is 0.000000754. The van der Waals surface area contributed by atoms with Gasteiger partial charge in [0.25, 0.3) is 0 Å². The average Bonchev–Trinajstić information content (AvgIpc) is 2.35. The summed E-state index contributed by atoms with van der Waals surface area (Å²) in [5.41, 5.74) is 1.64. The Bertz CT molecular complexity index is 562. The highest BCUT2D eigenvalue weighted by Gasteiger charge is 2.40. The Hall–Kier alpha value is -1.04. The van der Waals surface area contributed by atoms with Gasteiger partial charge >= 0.3 is 13.9 Å². The van der Waals surface area contributed by atoms with Gasteiger partial charge in [0, 0.05) is 5.56 Å². The summed E-state index contributed by atoms with van der Waals surface area (Å²) in [7, 11) is -3.97. The molecule has 1 rings (SSSR count).